The fourth-order valence-corrected chi connectivity index (χ4v) is 3.07. The van der Waals surface area contributed by atoms with E-state index in [1.807, 2.05) is 29.7 Å². The molecule has 1 amide bonds. The van der Waals surface area contributed by atoms with Crippen molar-refractivity contribution in [3.63, 3.8) is 0 Å². The van der Waals surface area contributed by atoms with Crippen molar-refractivity contribution in [3.8, 4) is 0 Å². The topological polar surface area (TPSA) is 75.1 Å². The van der Waals surface area contributed by atoms with Crippen LogP contribution in [0.25, 0.3) is 5.65 Å². The number of hydrogen-bond acceptors (Lipinski definition) is 3. The van der Waals surface area contributed by atoms with Gasteiger partial charge in [-0.3, -0.25) is 9.89 Å². The lowest BCUT2D eigenvalue weighted by Gasteiger charge is -2.11. The predicted octanol–water partition coefficient (Wildman–Crippen LogP) is 3.72. The third kappa shape index (κ3) is 2.89. The molecule has 1 unspecified atom stereocenters. The van der Waals surface area contributed by atoms with Crippen LogP contribution in [0.1, 0.15) is 49.4 Å². The Bertz CT molecular complexity index is 895. The van der Waals surface area contributed by atoms with E-state index in [4.69, 9.17) is 11.6 Å². The summed E-state index contributed by atoms with van der Waals surface area (Å²) >= 11 is 6.00. The van der Waals surface area contributed by atoms with E-state index < -0.39 is 0 Å². The maximum atomic E-state index is 12.6. The minimum Gasteiger partial charge on any atom is -0.309 e. The van der Waals surface area contributed by atoms with Crippen LogP contribution in [0.5, 0.6) is 0 Å². The molecular weight excluding hydrogens is 326 g/mol. The molecule has 1 atom stereocenters. The first-order valence-electron chi connectivity index (χ1n) is 8.14. The lowest BCUT2D eigenvalue weighted by Crippen LogP contribution is -2.21. The number of fused-ring (bicyclic) bond motifs is 1. The first-order valence-corrected chi connectivity index (χ1v) is 8.52. The Balaban J connectivity index is 1.55. The van der Waals surface area contributed by atoms with Crippen LogP contribution in [0, 0.1) is 0 Å². The molecule has 6 nitrogen and oxygen atoms in total. The largest absolute Gasteiger partial charge is 0.309 e. The van der Waals surface area contributed by atoms with Gasteiger partial charge in [0, 0.05) is 30.1 Å². The molecule has 1 aliphatic rings. The molecule has 0 saturated heterocycles. The number of aromatic amines is 1. The first-order chi connectivity index (χ1) is 11.6. The number of nitrogens with one attached hydrogen (secondary N) is 2. The Morgan fingerprint density at radius 2 is 2.29 bits per heavy atom. The summed E-state index contributed by atoms with van der Waals surface area (Å²) in [6.07, 6.45) is 6.68. The molecular formula is C17H18ClN5O. The number of hydrogen-bond donors (Lipinski definition) is 2. The summed E-state index contributed by atoms with van der Waals surface area (Å²) in [7, 11) is 0. The molecule has 1 aliphatic carbocycles. The molecule has 0 bridgehead atoms. The van der Waals surface area contributed by atoms with Crippen molar-refractivity contribution in [2.24, 2.45) is 0 Å². The van der Waals surface area contributed by atoms with Gasteiger partial charge in [-0.2, -0.15) is 5.10 Å². The number of halogens is 1. The molecule has 3 aromatic heterocycles. The van der Waals surface area contributed by atoms with Crippen LogP contribution in [0.3, 0.4) is 0 Å². The molecule has 1 saturated carbocycles. The van der Waals surface area contributed by atoms with Crippen molar-refractivity contribution in [1.29, 1.82) is 0 Å². The number of nitrogens with zero attached hydrogens (tertiary/aromatic N) is 3. The second-order valence-corrected chi connectivity index (χ2v) is 6.65. The van der Waals surface area contributed by atoms with E-state index >= 15 is 0 Å². The molecule has 1 fully saturated rings. The lowest BCUT2D eigenvalue weighted by molar-refractivity contribution is -0.117. The Labute approximate surface area is 144 Å². The number of carbonyl (C=O) groups is 1. The molecule has 0 spiro atoms. The van der Waals surface area contributed by atoms with Crippen molar-refractivity contribution in [2.75, 3.05) is 5.32 Å². The second-order valence-electron chi connectivity index (χ2n) is 6.21. The summed E-state index contributed by atoms with van der Waals surface area (Å²) in [4.78, 5) is 17.2. The Hall–Kier alpha value is -2.34. The highest BCUT2D eigenvalue weighted by atomic mass is 35.5. The predicted molar refractivity (Wildman–Crippen MR) is 92.4 cm³/mol. The minimum absolute atomic E-state index is 0.0964. The van der Waals surface area contributed by atoms with Crippen LogP contribution in [0.2, 0.25) is 5.02 Å². The van der Waals surface area contributed by atoms with Crippen LogP contribution >= 0.6 is 11.6 Å². The number of pyridine rings is 1. The average molecular weight is 344 g/mol. The van der Waals surface area contributed by atoms with Gasteiger partial charge in [0.15, 0.2) is 5.82 Å². The van der Waals surface area contributed by atoms with Crippen LogP contribution in [-0.4, -0.2) is 25.5 Å². The molecule has 0 radical (unpaired) electrons. The van der Waals surface area contributed by atoms with Gasteiger partial charge in [0.25, 0.3) is 0 Å². The smallest absolute Gasteiger partial charge is 0.234 e. The Kier molecular flexibility index (Phi) is 3.76. The van der Waals surface area contributed by atoms with E-state index in [0.717, 1.165) is 17.0 Å². The zero-order valence-corrected chi connectivity index (χ0v) is 14.0. The normalized spacial score (nSPS) is 15.6. The SMILES string of the molecule is CCC(C(=O)Nc1cc(C2CC2)[nH]n1)c1cn2cc(Cl)ccc2n1. The fourth-order valence-electron chi connectivity index (χ4n) is 2.90. The van der Waals surface area contributed by atoms with Gasteiger partial charge in [-0.05, 0) is 31.4 Å². The fraction of sp³-hybridized carbons (Fsp3) is 0.353. The standard InChI is InChI=1S/C17H18ClN5O/c1-2-12(14-9-23-8-11(18)5-6-16(23)19-14)17(24)20-15-7-13(21-22-15)10-3-4-10/h5-10,12H,2-4H2,1H3,(H2,20,21,22,24). The van der Waals surface area contributed by atoms with Gasteiger partial charge >= 0.3 is 0 Å². The third-order valence-electron chi connectivity index (χ3n) is 4.38. The van der Waals surface area contributed by atoms with Gasteiger partial charge in [0.2, 0.25) is 5.91 Å². The molecule has 3 aromatic rings. The highest BCUT2D eigenvalue weighted by molar-refractivity contribution is 6.30. The minimum atomic E-state index is -0.329. The molecule has 2 N–H and O–H groups in total. The number of anilines is 1. The number of rotatable bonds is 5. The molecule has 0 aliphatic heterocycles. The van der Waals surface area contributed by atoms with Gasteiger partial charge in [0.05, 0.1) is 16.6 Å². The van der Waals surface area contributed by atoms with E-state index in [-0.39, 0.29) is 11.8 Å². The van der Waals surface area contributed by atoms with E-state index in [0.29, 0.717) is 23.2 Å². The number of carbonyl (C=O) groups excluding carboxylic acids is 1. The van der Waals surface area contributed by atoms with Gasteiger partial charge in [-0.1, -0.05) is 18.5 Å². The van der Waals surface area contributed by atoms with E-state index in [2.05, 4.69) is 20.5 Å². The zero-order valence-electron chi connectivity index (χ0n) is 13.3. The summed E-state index contributed by atoms with van der Waals surface area (Å²) in [5, 5.41) is 10.7. The number of amides is 1. The van der Waals surface area contributed by atoms with Crippen LogP contribution in [0.4, 0.5) is 5.82 Å². The first kappa shape index (κ1) is 15.2. The van der Waals surface area contributed by atoms with Crippen molar-refractivity contribution in [1.82, 2.24) is 19.6 Å². The van der Waals surface area contributed by atoms with Gasteiger partial charge in [-0.15, -0.1) is 0 Å². The molecule has 4 rings (SSSR count). The third-order valence-corrected chi connectivity index (χ3v) is 4.61. The van der Waals surface area contributed by atoms with Crippen molar-refractivity contribution >= 4 is 29.0 Å². The summed E-state index contributed by atoms with van der Waals surface area (Å²) in [6, 6.07) is 5.55. The van der Waals surface area contributed by atoms with Gasteiger partial charge in [0.1, 0.15) is 5.65 Å². The van der Waals surface area contributed by atoms with Crippen LogP contribution < -0.4 is 5.32 Å². The average Bonchev–Trinajstić information content (AvgIpc) is 3.17. The Morgan fingerprint density at radius 1 is 1.46 bits per heavy atom. The summed E-state index contributed by atoms with van der Waals surface area (Å²) in [6.45, 7) is 1.97. The lowest BCUT2D eigenvalue weighted by atomic mass is 10.0. The second kappa shape index (κ2) is 5.94. The number of aromatic nitrogens is 4. The van der Waals surface area contributed by atoms with E-state index in [9.17, 15) is 4.79 Å². The van der Waals surface area contributed by atoms with E-state index in [1.54, 1.807) is 12.3 Å². The van der Waals surface area contributed by atoms with Crippen molar-refractivity contribution in [2.45, 2.75) is 38.0 Å². The quantitative estimate of drug-likeness (QED) is 0.741. The maximum absolute atomic E-state index is 12.6. The highest BCUT2D eigenvalue weighted by Crippen LogP contribution is 2.39. The van der Waals surface area contributed by atoms with Crippen molar-refractivity contribution in [3.05, 3.63) is 47.0 Å². The number of imidazole rings is 1. The number of H-pyrrole nitrogens is 1. The zero-order chi connectivity index (χ0) is 16.7. The van der Waals surface area contributed by atoms with Gasteiger partial charge in [-0.25, -0.2) is 4.98 Å². The highest BCUT2D eigenvalue weighted by Gasteiger charge is 2.27. The van der Waals surface area contributed by atoms with E-state index in [1.165, 1.54) is 12.8 Å². The van der Waals surface area contributed by atoms with Gasteiger partial charge < -0.3 is 9.72 Å². The summed E-state index contributed by atoms with van der Waals surface area (Å²) in [5.41, 5.74) is 2.60. The van der Waals surface area contributed by atoms with Crippen molar-refractivity contribution < 1.29 is 4.79 Å². The van der Waals surface area contributed by atoms with Crippen LogP contribution in [-0.2, 0) is 4.79 Å². The molecule has 0 aromatic carbocycles. The summed E-state index contributed by atoms with van der Waals surface area (Å²) in [5.74, 6) is 0.728. The Morgan fingerprint density at radius 3 is 3.04 bits per heavy atom. The monoisotopic (exact) mass is 343 g/mol. The van der Waals surface area contributed by atoms with Crippen LogP contribution in [0.15, 0.2) is 30.6 Å². The molecule has 7 heteroatoms. The maximum Gasteiger partial charge on any atom is 0.234 e. The summed E-state index contributed by atoms with van der Waals surface area (Å²) < 4.78 is 1.84. The molecule has 24 heavy (non-hydrogen) atoms. The molecule has 124 valence electrons. The molecule has 3 heterocycles.